The van der Waals surface area contributed by atoms with Crippen LogP contribution in [0, 0.1) is 0 Å². The van der Waals surface area contributed by atoms with Crippen LogP contribution >= 0.6 is 0 Å². The zero-order valence-corrected chi connectivity index (χ0v) is 11.8. The Labute approximate surface area is 119 Å². The second-order valence-electron chi connectivity index (χ2n) is 4.66. The number of aromatic nitrogens is 1. The maximum absolute atomic E-state index is 11.6. The van der Waals surface area contributed by atoms with Gasteiger partial charge in [0.05, 0.1) is 18.8 Å². The number of nitrogens with one attached hydrogen (secondary N) is 2. The molecule has 0 bridgehead atoms. The molecule has 20 heavy (non-hydrogen) atoms. The summed E-state index contributed by atoms with van der Waals surface area (Å²) in [7, 11) is 0. The smallest absolute Gasteiger partial charge is 0.252 e. The van der Waals surface area contributed by atoms with Gasteiger partial charge in [0.1, 0.15) is 5.82 Å². The first-order chi connectivity index (χ1) is 9.79. The van der Waals surface area contributed by atoms with Gasteiger partial charge >= 0.3 is 0 Å². The number of nitrogens with zero attached hydrogens (tertiary/aromatic N) is 1. The van der Waals surface area contributed by atoms with Crippen molar-refractivity contribution in [1.29, 1.82) is 0 Å². The molecule has 0 fully saturated rings. The van der Waals surface area contributed by atoms with E-state index in [1.54, 1.807) is 12.3 Å². The Kier molecular flexibility index (Phi) is 5.55. The van der Waals surface area contributed by atoms with Crippen LogP contribution in [-0.2, 0) is 4.74 Å². The van der Waals surface area contributed by atoms with Crippen molar-refractivity contribution < 1.29 is 9.53 Å². The van der Waals surface area contributed by atoms with Gasteiger partial charge in [-0.05, 0) is 31.9 Å². The third kappa shape index (κ3) is 4.35. The maximum Gasteiger partial charge on any atom is 0.252 e. The summed E-state index contributed by atoms with van der Waals surface area (Å²) in [6.07, 6.45) is 5.77. The second kappa shape index (κ2) is 7.65. The molecular formula is C15H21N3O2. The van der Waals surface area contributed by atoms with Gasteiger partial charge in [0.15, 0.2) is 0 Å². The molecule has 0 unspecified atom stereocenters. The first kappa shape index (κ1) is 14.5. The van der Waals surface area contributed by atoms with Crippen LogP contribution in [0.3, 0.4) is 0 Å². The van der Waals surface area contributed by atoms with Gasteiger partial charge < -0.3 is 15.4 Å². The highest BCUT2D eigenvalue weighted by Gasteiger charge is 2.05. The zero-order chi connectivity index (χ0) is 14.2. The van der Waals surface area contributed by atoms with Crippen LogP contribution in [0.1, 0.15) is 30.1 Å². The van der Waals surface area contributed by atoms with E-state index in [4.69, 9.17) is 4.74 Å². The lowest BCUT2D eigenvalue weighted by Crippen LogP contribution is -2.22. The lowest BCUT2D eigenvalue weighted by Gasteiger charge is -2.13. The monoisotopic (exact) mass is 275 g/mol. The van der Waals surface area contributed by atoms with Crippen LogP contribution in [0.2, 0.25) is 0 Å². The molecule has 108 valence electrons. The molecule has 0 aromatic carbocycles. The maximum atomic E-state index is 11.6. The molecule has 1 aromatic rings. The predicted molar refractivity (Wildman–Crippen MR) is 78.9 cm³/mol. The van der Waals surface area contributed by atoms with Crippen LogP contribution < -0.4 is 10.6 Å². The van der Waals surface area contributed by atoms with Crippen LogP contribution in [0.4, 0.5) is 5.82 Å². The highest BCUT2D eigenvalue weighted by atomic mass is 16.5. The Morgan fingerprint density at radius 1 is 1.45 bits per heavy atom. The van der Waals surface area contributed by atoms with Gasteiger partial charge in [-0.15, -0.1) is 0 Å². The number of carbonyl (C=O) groups is 1. The molecule has 0 saturated heterocycles. The summed E-state index contributed by atoms with van der Waals surface area (Å²) in [6, 6.07) is 3.62. The molecule has 5 nitrogen and oxygen atoms in total. The Morgan fingerprint density at radius 2 is 2.35 bits per heavy atom. The number of pyridine rings is 1. The van der Waals surface area contributed by atoms with Crippen molar-refractivity contribution in [3.63, 3.8) is 0 Å². The zero-order valence-electron chi connectivity index (χ0n) is 11.8. The molecule has 0 aliphatic carbocycles. The summed E-state index contributed by atoms with van der Waals surface area (Å²) in [6.45, 7) is 4.92. The fraction of sp³-hybridized carbons (Fsp3) is 0.467. The molecule has 2 rings (SSSR count). The molecule has 0 spiro atoms. The third-order valence-electron chi connectivity index (χ3n) is 3.17. The molecule has 0 atom stereocenters. The number of carbonyl (C=O) groups excluding carboxylic acids is 1. The molecule has 1 aliphatic rings. The van der Waals surface area contributed by atoms with E-state index in [1.165, 1.54) is 5.57 Å². The van der Waals surface area contributed by atoms with Crippen LogP contribution in [0.15, 0.2) is 30.0 Å². The van der Waals surface area contributed by atoms with E-state index < -0.39 is 0 Å². The van der Waals surface area contributed by atoms with E-state index >= 15 is 0 Å². The number of anilines is 1. The van der Waals surface area contributed by atoms with Crippen molar-refractivity contribution in [3.8, 4) is 0 Å². The van der Waals surface area contributed by atoms with Crippen LogP contribution in [0.25, 0.3) is 0 Å². The fourth-order valence-corrected chi connectivity index (χ4v) is 2.04. The highest BCUT2D eigenvalue weighted by Crippen LogP contribution is 2.12. The molecular weight excluding hydrogens is 254 g/mol. The minimum absolute atomic E-state index is 0.0843. The molecule has 5 heteroatoms. The van der Waals surface area contributed by atoms with Gasteiger partial charge in [-0.2, -0.15) is 0 Å². The first-order valence-corrected chi connectivity index (χ1v) is 7.03. The molecule has 0 radical (unpaired) electrons. The summed E-state index contributed by atoms with van der Waals surface area (Å²) in [5.41, 5.74) is 2.02. The summed E-state index contributed by atoms with van der Waals surface area (Å²) < 4.78 is 5.27. The van der Waals surface area contributed by atoms with E-state index in [1.807, 2.05) is 13.0 Å². The molecule has 0 saturated carbocycles. The third-order valence-corrected chi connectivity index (χ3v) is 3.17. The van der Waals surface area contributed by atoms with Crippen molar-refractivity contribution >= 4 is 11.7 Å². The van der Waals surface area contributed by atoms with Gasteiger partial charge in [0.25, 0.3) is 5.91 Å². The van der Waals surface area contributed by atoms with Gasteiger partial charge in [-0.25, -0.2) is 4.98 Å². The molecule has 1 amide bonds. The van der Waals surface area contributed by atoms with Gasteiger partial charge in [0, 0.05) is 19.3 Å². The Morgan fingerprint density at radius 3 is 3.00 bits per heavy atom. The van der Waals surface area contributed by atoms with Crippen molar-refractivity contribution in [2.45, 2.75) is 19.8 Å². The molecule has 1 aliphatic heterocycles. The van der Waals surface area contributed by atoms with Crippen molar-refractivity contribution in [1.82, 2.24) is 10.3 Å². The summed E-state index contributed by atoms with van der Waals surface area (Å²) >= 11 is 0. The van der Waals surface area contributed by atoms with E-state index in [0.29, 0.717) is 12.1 Å². The van der Waals surface area contributed by atoms with E-state index in [-0.39, 0.29) is 5.91 Å². The first-order valence-electron chi connectivity index (χ1n) is 7.03. The fourth-order valence-electron chi connectivity index (χ4n) is 2.04. The van der Waals surface area contributed by atoms with E-state index in [2.05, 4.69) is 21.7 Å². The molecule has 1 aromatic heterocycles. The SMILES string of the molecule is CCNC(=O)c1ccc(NCCC2=CCOCC2)nc1. The second-order valence-corrected chi connectivity index (χ2v) is 4.66. The summed E-state index contributed by atoms with van der Waals surface area (Å²) in [4.78, 5) is 15.8. The highest BCUT2D eigenvalue weighted by molar-refractivity contribution is 5.93. The van der Waals surface area contributed by atoms with Crippen molar-refractivity contribution in [2.24, 2.45) is 0 Å². The lowest BCUT2D eigenvalue weighted by atomic mass is 10.1. The Bertz CT molecular complexity index is 469. The largest absolute Gasteiger partial charge is 0.377 e. The predicted octanol–water partition coefficient (Wildman–Crippen LogP) is 1.98. The topological polar surface area (TPSA) is 63.2 Å². The van der Waals surface area contributed by atoms with Gasteiger partial charge in [-0.1, -0.05) is 11.6 Å². The normalized spacial score (nSPS) is 14.6. The number of hydrogen-bond donors (Lipinski definition) is 2. The Hall–Kier alpha value is -1.88. The number of rotatable bonds is 6. The number of hydrogen-bond acceptors (Lipinski definition) is 4. The van der Waals surface area contributed by atoms with Crippen LogP contribution in [-0.4, -0.2) is 37.2 Å². The van der Waals surface area contributed by atoms with Crippen molar-refractivity contribution in [2.75, 3.05) is 31.6 Å². The molecule has 2 N–H and O–H groups in total. The summed E-state index contributed by atoms with van der Waals surface area (Å²) in [5.74, 6) is 0.713. The quantitative estimate of drug-likeness (QED) is 0.779. The average molecular weight is 275 g/mol. The standard InChI is InChI=1S/C15H21N3O2/c1-2-16-15(19)13-3-4-14(18-11-13)17-8-5-12-6-9-20-10-7-12/h3-4,6,11H,2,5,7-10H2,1H3,(H,16,19)(H,17,18). The summed E-state index contributed by atoms with van der Waals surface area (Å²) in [5, 5.41) is 6.01. The lowest BCUT2D eigenvalue weighted by molar-refractivity contribution is 0.0955. The van der Waals surface area contributed by atoms with Gasteiger partial charge in [-0.3, -0.25) is 4.79 Å². The van der Waals surface area contributed by atoms with E-state index in [0.717, 1.165) is 38.4 Å². The van der Waals surface area contributed by atoms with Crippen LogP contribution in [0.5, 0.6) is 0 Å². The molecule has 2 heterocycles. The van der Waals surface area contributed by atoms with Gasteiger partial charge in [0.2, 0.25) is 0 Å². The average Bonchev–Trinajstić information content (AvgIpc) is 2.49. The Balaban J connectivity index is 1.78. The minimum Gasteiger partial charge on any atom is -0.377 e. The van der Waals surface area contributed by atoms with E-state index in [9.17, 15) is 4.79 Å². The minimum atomic E-state index is -0.0843. The van der Waals surface area contributed by atoms with Crippen molar-refractivity contribution in [3.05, 3.63) is 35.5 Å². The number of ether oxygens (including phenoxy) is 1. The number of amides is 1.